The van der Waals surface area contributed by atoms with Gasteiger partial charge in [0.25, 0.3) is 23.6 Å². The average molecular weight is 773 g/mol. The second-order valence-electron chi connectivity index (χ2n) is 13.8. The van der Waals surface area contributed by atoms with Gasteiger partial charge in [-0.05, 0) is 69.0 Å². The number of aryl methyl sites for hydroxylation is 1. The van der Waals surface area contributed by atoms with E-state index in [4.69, 9.17) is 4.74 Å². The van der Waals surface area contributed by atoms with E-state index in [2.05, 4.69) is 43.1 Å². The molecule has 0 bridgehead atoms. The minimum absolute atomic E-state index is 0.0353. The van der Waals surface area contributed by atoms with E-state index in [1.54, 1.807) is 30.3 Å². The quantitative estimate of drug-likeness (QED) is 0.0766. The highest BCUT2D eigenvalue weighted by Crippen LogP contribution is 2.34. The molecular formula is C42H44N8O7. The summed E-state index contributed by atoms with van der Waals surface area (Å²) in [6.07, 6.45) is 5.23. The van der Waals surface area contributed by atoms with Gasteiger partial charge in [0.1, 0.15) is 23.9 Å². The van der Waals surface area contributed by atoms with Crippen molar-refractivity contribution in [3.05, 3.63) is 114 Å². The molecular weight excluding hydrogens is 729 g/mol. The molecule has 15 heteroatoms. The van der Waals surface area contributed by atoms with Crippen molar-refractivity contribution in [3.63, 3.8) is 0 Å². The number of ether oxygens (including phenoxy) is 1. The Morgan fingerprint density at radius 2 is 1.60 bits per heavy atom. The molecule has 0 radical (unpaired) electrons. The van der Waals surface area contributed by atoms with Crippen LogP contribution in [-0.4, -0.2) is 82.6 Å². The lowest BCUT2D eigenvalue weighted by atomic mass is 10.0. The zero-order valence-corrected chi connectivity index (χ0v) is 31.6. The zero-order valence-electron chi connectivity index (χ0n) is 31.6. The van der Waals surface area contributed by atoms with Crippen LogP contribution in [0.2, 0.25) is 0 Å². The first-order chi connectivity index (χ1) is 27.6. The summed E-state index contributed by atoms with van der Waals surface area (Å²) in [4.78, 5) is 86.1. The number of aromatic nitrogens is 2. The second kappa shape index (κ2) is 18.6. The third-order valence-electron chi connectivity index (χ3n) is 9.47. The highest BCUT2D eigenvalue weighted by Gasteiger charge is 2.45. The van der Waals surface area contributed by atoms with Gasteiger partial charge in [0.05, 0.1) is 23.4 Å². The molecule has 1 aromatic heterocycles. The molecule has 2 aliphatic heterocycles. The Morgan fingerprint density at radius 3 is 2.35 bits per heavy atom. The number of allylic oxidation sites excluding steroid dienone is 1. The number of nitrogens with zero attached hydrogens (tertiary/aromatic N) is 3. The van der Waals surface area contributed by atoms with E-state index >= 15 is 0 Å². The van der Waals surface area contributed by atoms with Gasteiger partial charge in [0.2, 0.25) is 11.8 Å². The topological polar surface area (TPSA) is 201 Å². The Bertz CT molecular complexity index is 2190. The standard InChI is InChI=1S/C42H44N8O7/c1-26-13-16-30(17-14-26)49-35-22-32(46-25-47-35)28-9-7-10-29(21-28)39(53)45-23-36(51)43-19-5-3-4-6-20-44-37(52)24-57-34-12-8-11-31-38(34)42(56)50(41(31)55)33-18-15-27(2)48-40(33)54/h7-14,16-17,21-22,25,33H,2-6,15,18-20,23-24H2,1H3,(H,43,51)(H,44,52)(H,45,53)(H,48,54)(H,46,47,49). The Morgan fingerprint density at radius 1 is 0.860 bits per heavy atom. The third kappa shape index (κ3) is 10.2. The zero-order chi connectivity index (χ0) is 40.3. The molecule has 6 rings (SSSR count). The van der Waals surface area contributed by atoms with Crippen LogP contribution in [-0.2, 0) is 14.4 Å². The summed E-state index contributed by atoms with van der Waals surface area (Å²) >= 11 is 0. The fourth-order valence-electron chi connectivity index (χ4n) is 6.45. The molecule has 2 aliphatic rings. The van der Waals surface area contributed by atoms with Gasteiger partial charge in [-0.3, -0.25) is 33.7 Å². The number of hydrogen-bond donors (Lipinski definition) is 5. The predicted molar refractivity (Wildman–Crippen MR) is 211 cm³/mol. The Balaban J connectivity index is 0.842. The van der Waals surface area contributed by atoms with Crippen LogP contribution in [0.25, 0.3) is 11.3 Å². The van der Waals surface area contributed by atoms with Crippen LogP contribution in [0.4, 0.5) is 11.5 Å². The van der Waals surface area contributed by atoms with E-state index in [-0.39, 0.29) is 54.2 Å². The van der Waals surface area contributed by atoms with E-state index in [1.165, 1.54) is 18.5 Å². The Hall–Kier alpha value is -6.90. The lowest BCUT2D eigenvalue weighted by molar-refractivity contribution is -0.125. The first-order valence-electron chi connectivity index (χ1n) is 18.8. The number of fused-ring (bicyclic) bond motifs is 1. The van der Waals surface area contributed by atoms with Crippen molar-refractivity contribution in [2.45, 2.75) is 51.5 Å². The molecule has 3 aromatic carbocycles. The normalized spacial score (nSPS) is 14.8. The largest absolute Gasteiger partial charge is 0.483 e. The number of amides is 6. The van der Waals surface area contributed by atoms with Gasteiger partial charge in [0, 0.05) is 41.7 Å². The highest BCUT2D eigenvalue weighted by molar-refractivity contribution is 6.24. The van der Waals surface area contributed by atoms with Gasteiger partial charge in [-0.25, -0.2) is 9.97 Å². The summed E-state index contributed by atoms with van der Waals surface area (Å²) in [6, 6.07) is 20.4. The number of nitrogens with one attached hydrogen (secondary N) is 5. The van der Waals surface area contributed by atoms with E-state index in [1.807, 2.05) is 37.3 Å². The molecule has 57 heavy (non-hydrogen) atoms. The van der Waals surface area contributed by atoms with Gasteiger partial charge in [-0.15, -0.1) is 0 Å². The maximum absolute atomic E-state index is 13.2. The number of rotatable bonds is 17. The molecule has 1 atom stereocenters. The number of hydrogen-bond acceptors (Lipinski definition) is 10. The van der Waals surface area contributed by atoms with Crippen LogP contribution in [0, 0.1) is 6.92 Å². The molecule has 0 saturated carbocycles. The number of anilines is 2. The minimum atomic E-state index is -0.946. The van der Waals surface area contributed by atoms with Gasteiger partial charge in [-0.2, -0.15) is 0 Å². The van der Waals surface area contributed by atoms with Crippen LogP contribution < -0.4 is 31.3 Å². The maximum Gasteiger partial charge on any atom is 0.266 e. The molecule has 3 heterocycles. The number of imide groups is 1. The van der Waals surface area contributed by atoms with Crippen LogP contribution in [0.15, 0.2) is 91.4 Å². The summed E-state index contributed by atoms with van der Waals surface area (Å²) in [6.45, 7) is 6.08. The van der Waals surface area contributed by atoms with Gasteiger partial charge < -0.3 is 31.3 Å². The number of benzene rings is 3. The lowest BCUT2D eigenvalue weighted by Crippen LogP contribution is -2.51. The van der Waals surface area contributed by atoms with Crippen molar-refractivity contribution in [1.29, 1.82) is 0 Å². The number of unbranched alkanes of at least 4 members (excludes halogenated alkanes) is 3. The van der Waals surface area contributed by atoms with Crippen molar-refractivity contribution < 1.29 is 33.5 Å². The van der Waals surface area contributed by atoms with E-state index in [0.717, 1.165) is 41.0 Å². The summed E-state index contributed by atoms with van der Waals surface area (Å²) < 4.78 is 5.65. The molecule has 15 nitrogen and oxygen atoms in total. The fraction of sp³-hybridized carbons (Fsp3) is 0.286. The number of piperidine rings is 1. The summed E-state index contributed by atoms with van der Waals surface area (Å²) in [5, 5.41) is 14.1. The molecule has 0 aliphatic carbocycles. The summed E-state index contributed by atoms with van der Waals surface area (Å²) in [5.41, 5.74) is 4.51. The van der Waals surface area contributed by atoms with Crippen LogP contribution in [0.5, 0.6) is 5.75 Å². The molecule has 6 amide bonds. The lowest BCUT2D eigenvalue weighted by Gasteiger charge is -2.29. The SMILES string of the molecule is C=C1CCC(N2C(=O)c3cccc(OCC(=O)NCCCCCCNC(=O)CNC(=O)c4cccc(-c5cc(Nc6ccc(C)cc6)ncn5)c4)c3C2=O)C(=O)N1. The van der Waals surface area contributed by atoms with Crippen molar-refractivity contribution in [2.75, 3.05) is 31.6 Å². The Labute approximate surface area is 329 Å². The van der Waals surface area contributed by atoms with Crippen molar-refractivity contribution in [3.8, 4) is 17.0 Å². The Kier molecular flexibility index (Phi) is 13.0. The number of carbonyl (C=O) groups is 6. The monoisotopic (exact) mass is 772 g/mol. The van der Waals surface area contributed by atoms with E-state index < -0.39 is 23.8 Å². The predicted octanol–water partition coefficient (Wildman–Crippen LogP) is 4.19. The summed E-state index contributed by atoms with van der Waals surface area (Å²) in [7, 11) is 0. The van der Waals surface area contributed by atoms with Crippen molar-refractivity contribution in [1.82, 2.24) is 36.1 Å². The third-order valence-corrected chi connectivity index (χ3v) is 9.47. The smallest absolute Gasteiger partial charge is 0.266 e. The van der Waals surface area contributed by atoms with Gasteiger partial charge in [0.15, 0.2) is 6.61 Å². The minimum Gasteiger partial charge on any atom is -0.483 e. The summed E-state index contributed by atoms with van der Waals surface area (Å²) in [5.74, 6) is -2.04. The first kappa shape index (κ1) is 39.8. The van der Waals surface area contributed by atoms with Crippen LogP contribution in [0.3, 0.4) is 0 Å². The van der Waals surface area contributed by atoms with Gasteiger partial charge >= 0.3 is 0 Å². The highest BCUT2D eigenvalue weighted by atomic mass is 16.5. The second-order valence-corrected chi connectivity index (χ2v) is 13.8. The first-order valence-corrected chi connectivity index (χ1v) is 18.8. The maximum atomic E-state index is 13.2. The molecule has 1 fully saturated rings. The fourth-order valence-corrected chi connectivity index (χ4v) is 6.45. The van der Waals surface area contributed by atoms with Crippen LogP contribution in [0.1, 0.15) is 75.2 Å². The molecule has 4 aromatic rings. The van der Waals surface area contributed by atoms with E-state index in [0.29, 0.717) is 48.7 Å². The van der Waals surface area contributed by atoms with Crippen molar-refractivity contribution in [2.24, 2.45) is 0 Å². The molecule has 1 saturated heterocycles. The molecule has 1 unspecified atom stereocenters. The van der Waals surface area contributed by atoms with Crippen molar-refractivity contribution >= 4 is 46.9 Å². The molecule has 5 N–H and O–H groups in total. The molecule has 294 valence electrons. The number of carbonyl (C=O) groups excluding carboxylic acids is 6. The van der Waals surface area contributed by atoms with Gasteiger partial charge in [-0.1, -0.05) is 55.3 Å². The molecule has 0 spiro atoms. The van der Waals surface area contributed by atoms with E-state index in [9.17, 15) is 28.8 Å². The average Bonchev–Trinajstić information content (AvgIpc) is 3.47. The van der Waals surface area contributed by atoms with Crippen LogP contribution >= 0.6 is 0 Å².